The summed E-state index contributed by atoms with van der Waals surface area (Å²) in [5.74, 6) is 0.609. The van der Waals surface area contributed by atoms with Crippen LogP contribution in [0.2, 0.25) is 0 Å². The summed E-state index contributed by atoms with van der Waals surface area (Å²) in [6.07, 6.45) is 3.97. The number of carboxylic acid groups (broad SMARTS) is 1. The molecule has 2 saturated heterocycles. The molecular weight excluding hydrogens is 250 g/mol. The number of thioether (sulfide) groups is 1. The number of likely N-dealkylation sites (tertiary alicyclic amines) is 1. The number of nitrogens with zero attached hydrogens (tertiary/aromatic N) is 1. The van der Waals surface area contributed by atoms with Crippen molar-refractivity contribution >= 4 is 23.6 Å². The molecule has 1 atom stereocenters. The van der Waals surface area contributed by atoms with Crippen molar-refractivity contribution in [1.29, 1.82) is 0 Å². The fourth-order valence-corrected chi connectivity index (χ4v) is 4.09. The number of carbonyl (C=O) groups is 2. The van der Waals surface area contributed by atoms with Gasteiger partial charge in [0.05, 0.1) is 10.7 Å². The fraction of sp³-hybridized carbons (Fsp3) is 0.846. The van der Waals surface area contributed by atoms with E-state index in [9.17, 15) is 14.7 Å². The molecule has 0 aromatic heterocycles. The van der Waals surface area contributed by atoms with Crippen molar-refractivity contribution in [2.75, 3.05) is 18.8 Å². The zero-order chi connectivity index (χ0) is 13.2. The predicted molar refractivity (Wildman–Crippen MR) is 71.7 cm³/mol. The number of amides is 1. The zero-order valence-corrected chi connectivity index (χ0v) is 11.7. The molecule has 0 spiro atoms. The summed E-state index contributed by atoms with van der Waals surface area (Å²) in [7, 11) is 0. The average molecular weight is 271 g/mol. The topological polar surface area (TPSA) is 57.6 Å². The monoisotopic (exact) mass is 271 g/mol. The third kappa shape index (κ3) is 2.51. The van der Waals surface area contributed by atoms with Gasteiger partial charge in [0.1, 0.15) is 0 Å². The van der Waals surface area contributed by atoms with Gasteiger partial charge in [-0.25, -0.2) is 0 Å². The smallest absolute Gasteiger partial charge is 0.309 e. The van der Waals surface area contributed by atoms with Crippen LogP contribution in [0.1, 0.15) is 39.0 Å². The van der Waals surface area contributed by atoms with E-state index in [0.29, 0.717) is 32.4 Å². The third-order valence-electron chi connectivity index (χ3n) is 4.37. The van der Waals surface area contributed by atoms with Crippen LogP contribution in [0.5, 0.6) is 0 Å². The van der Waals surface area contributed by atoms with E-state index in [1.54, 1.807) is 11.8 Å². The van der Waals surface area contributed by atoms with Crippen LogP contribution in [0.3, 0.4) is 0 Å². The molecule has 5 heteroatoms. The van der Waals surface area contributed by atoms with Crippen LogP contribution in [0, 0.1) is 5.41 Å². The van der Waals surface area contributed by atoms with Gasteiger partial charge in [-0.3, -0.25) is 9.59 Å². The second kappa shape index (κ2) is 5.51. The first-order valence-corrected chi connectivity index (χ1v) is 7.78. The first-order chi connectivity index (χ1) is 8.59. The van der Waals surface area contributed by atoms with Crippen LogP contribution in [-0.4, -0.2) is 46.0 Å². The fourth-order valence-electron chi connectivity index (χ4n) is 2.85. The minimum atomic E-state index is -0.702. The summed E-state index contributed by atoms with van der Waals surface area (Å²) in [6.45, 7) is 3.14. The number of piperidine rings is 1. The number of rotatable bonds is 3. The Morgan fingerprint density at radius 2 is 2.06 bits per heavy atom. The zero-order valence-electron chi connectivity index (χ0n) is 10.9. The molecule has 2 heterocycles. The first kappa shape index (κ1) is 13.7. The van der Waals surface area contributed by atoms with E-state index >= 15 is 0 Å². The van der Waals surface area contributed by atoms with E-state index in [1.165, 1.54) is 0 Å². The molecular formula is C13H21NO3S. The molecule has 18 heavy (non-hydrogen) atoms. The number of aliphatic carboxylic acids is 1. The van der Waals surface area contributed by atoms with Gasteiger partial charge in [-0.05, 0) is 37.9 Å². The summed E-state index contributed by atoms with van der Waals surface area (Å²) < 4.78 is 0. The molecule has 2 aliphatic rings. The number of carbonyl (C=O) groups excluding carboxylic acids is 1. The Balaban J connectivity index is 1.93. The van der Waals surface area contributed by atoms with Gasteiger partial charge >= 0.3 is 5.97 Å². The van der Waals surface area contributed by atoms with E-state index in [-0.39, 0.29) is 11.2 Å². The van der Waals surface area contributed by atoms with Gasteiger partial charge in [0, 0.05) is 13.1 Å². The summed E-state index contributed by atoms with van der Waals surface area (Å²) in [6, 6.07) is 0. The number of carboxylic acids is 1. The maximum Gasteiger partial charge on any atom is 0.309 e. The van der Waals surface area contributed by atoms with Crippen molar-refractivity contribution in [3.05, 3.63) is 0 Å². The van der Waals surface area contributed by atoms with E-state index in [4.69, 9.17) is 0 Å². The Labute approximate surface area is 112 Å². The summed E-state index contributed by atoms with van der Waals surface area (Å²) in [5.41, 5.74) is -0.598. The van der Waals surface area contributed by atoms with Crippen molar-refractivity contribution in [1.82, 2.24) is 4.90 Å². The lowest BCUT2D eigenvalue weighted by molar-refractivity contribution is -0.154. The highest BCUT2D eigenvalue weighted by atomic mass is 32.2. The van der Waals surface area contributed by atoms with Crippen LogP contribution in [0.4, 0.5) is 0 Å². The molecule has 0 aromatic rings. The van der Waals surface area contributed by atoms with E-state index in [2.05, 4.69) is 0 Å². The summed E-state index contributed by atoms with van der Waals surface area (Å²) in [5, 5.41) is 9.45. The Bertz CT molecular complexity index is 331. The van der Waals surface area contributed by atoms with Gasteiger partial charge in [-0.2, -0.15) is 0 Å². The number of hydrogen-bond acceptors (Lipinski definition) is 3. The normalized spacial score (nSPS) is 27.2. The van der Waals surface area contributed by atoms with Crippen molar-refractivity contribution < 1.29 is 14.7 Å². The van der Waals surface area contributed by atoms with Crippen LogP contribution in [0.15, 0.2) is 0 Å². The molecule has 0 radical (unpaired) electrons. The summed E-state index contributed by atoms with van der Waals surface area (Å²) >= 11 is 1.75. The predicted octanol–water partition coefficient (Wildman–Crippen LogP) is 1.99. The van der Waals surface area contributed by atoms with Gasteiger partial charge < -0.3 is 10.0 Å². The molecule has 2 rings (SSSR count). The quantitative estimate of drug-likeness (QED) is 0.853. The van der Waals surface area contributed by atoms with Crippen LogP contribution >= 0.6 is 11.8 Å². The highest BCUT2D eigenvalue weighted by molar-refractivity contribution is 8.00. The molecule has 0 aromatic carbocycles. The maximum atomic E-state index is 12.2. The van der Waals surface area contributed by atoms with Gasteiger partial charge in [-0.15, -0.1) is 11.8 Å². The molecule has 1 N–H and O–H groups in total. The van der Waals surface area contributed by atoms with Gasteiger partial charge in [0.25, 0.3) is 0 Å². The lowest BCUT2D eigenvalue weighted by Gasteiger charge is -2.39. The lowest BCUT2D eigenvalue weighted by atomic mass is 9.76. The van der Waals surface area contributed by atoms with Crippen LogP contribution in [0.25, 0.3) is 0 Å². The highest BCUT2D eigenvalue weighted by Crippen LogP contribution is 2.36. The van der Waals surface area contributed by atoms with E-state index < -0.39 is 11.4 Å². The second-order valence-corrected chi connectivity index (χ2v) is 6.58. The van der Waals surface area contributed by atoms with Gasteiger partial charge in [0.2, 0.25) is 5.91 Å². The molecule has 4 nitrogen and oxygen atoms in total. The molecule has 1 unspecified atom stereocenters. The average Bonchev–Trinajstić information content (AvgIpc) is 2.91. The first-order valence-electron chi connectivity index (χ1n) is 6.73. The van der Waals surface area contributed by atoms with Crippen molar-refractivity contribution in [2.45, 2.75) is 44.3 Å². The Hall–Kier alpha value is -0.710. The SMILES string of the molecule is CCC1(C(=O)O)CCN(C(=O)C2CCCS2)CC1. The van der Waals surface area contributed by atoms with E-state index in [1.807, 2.05) is 11.8 Å². The van der Waals surface area contributed by atoms with Crippen molar-refractivity contribution in [2.24, 2.45) is 5.41 Å². The van der Waals surface area contributed by atoms with Crippen LogP contribution < -0.4 is 0 Å². The molecule has 0 aliphatic carbocycles. The Morgan fingerprint density at radius 3 is 2.50 bits per heavy atom. The van der Waals surface area contributed by atoms with Gasteiger partial charge in [-0.1, -0.05) is 6.92 Å². The van der Waals surface area contributed by atoms with Crippen LogP contribution in [-0.2, 0) is 9.59 Å². The molecule has 102 valence electrons. The highest BCUT2D eigenvalue weighted by Gasteiger charge is 2.41. The maximum absolute atomic E-state index is 12.2. The largest absolute Gasteiger partial charge is 0.481 e. The minimum absolute atomic E-state index is 0.129. The minimum Gasteiger partial charge on any atom is -0.481 e. The molecule has 2 aliphatic heterocycles. The lowest BCUT2D eigenvalue weighted by Crippen LogP contribution is -2.48. The van der Waals surface area contributed by atoms with Crippen molar-refractivity contribution in [3.8, 4) is 0 Å². The van der Waals surface area contributed by atoms with Crippen molar-refractivity contribution in [3.63, 3.8) is 0 Å². The van der Waals surface area contributed by atoms with E-state index in [0.717, 1.165) is 18.6 Å². The molecule has 0 saturated carbocycles. The molecule has 2 fully saturated rings. The molecule has 1 amide bonds. The Kier molecular flexibility index (Phi) is 4.20. The number of hydrogen-bond donors (Lipinski definition) is 1. The second-order valence-electron chi connectivity index (χ2n) is 5.27. The third-order valence-corrected chi connectivity index (χ3v) is 5.73. The van der Waals surface area contributed by atoms with Gasteiger partial charge in [0.15, 0.2) is 0 Å². The molecule has 0 bridgehead atoms. The Morgan fingerprint density at radius 1 is 1.39 bits per heavy atom. The summed E-state index contributed by atoms with van der Waals surface area (Å²) in [4.78, 5) is 25.4. The standard InChI is InChI=1S/C13H21NO3S/c1-2-13(12(16)17)5-7-14(8-6-13)11(15)10-4-3-9-18-10/h10H,2-9H2,1H3,(H,16,17).